The summed E-state index contributed by atoms with van der Waals surface area (Å²) in [6.45, 7) is 1.98. The maximum atomic E-state index is 10.8. The molecule has 0 radical (unpaired) electrons. The van der Waals surface area contributed by atoms with Crippen LogP contribution in [0.15, 0.2) is 41.1 Å². The molecule has 1 aromatic carbocycles. The second-order valence-corrected chi connectivity index (χ2v) is 4.65. The number of benzene rings is 1. The Bertz CT molecular complexity index is 617. The van der Waals surface area contributed by atoms with Crippen LogP contribution in [0.3, 0.4) is 0 Å². The number of hydrogen-bond acceptors (Lipinski definition) is 4. The molecule has 0 aliphatic rings. The van der Waals surface area contributed by atoms with Gasteiger partial charge in [-0.15, -0.1) is 0 Å². The largest absolute Gasteiger partial charge is 0.486 e. The van der Waals surface area contributed by atoms with Gasteiger partial charge in [-0.2, -0.15) is 0 Å². The second-order valence-electron chi connectivity index (χ2n) is 3.90. The number of rotatable bonds is 4. The van der Waals surface area contributed by atoms with E-state index in [0.717, 1.165) is 5.56 Å². The minimum absolute atomic E-state index is 0.103. The highest BCUT2D eigenvalue weighted by Crippen LogP contribution is 2.25. The van der Waals surface area contributed by atoms with E-state index in [0.29, 0.717) is 15.9 Å². The Hall–Kier alpha value is -1.95. The highest BCUT2D eigenvalue weighted by atomic mass is 79.9. The first-order valence-electron chi connectivity index (χ1n) is 5.56. The molecule has 0 aliphatic carbocycles. The van der Waals surface area contributed by atoms with E-state index >= 15 is 0 Å². The van der Waals surface area contributed by atoms with Crippen LogP contribution in [0, 0.1) is 17.0 Å². The van der Waals surface area contributed by atoms with Crippen LogP contribution in [0.5, 0.6) is 5.75 Å². The van der Waals surface area contributed by atoms with Crippen LogP contribution in [0.2, 0.25) is 0 Å². The molecule has 0 atom stereocenters. The standard InChI is InChI=1S/C13H11BrN2O3/c1-9-10(4-2-5-11(9)16(17)18)8-19-12-6-3-7-15-13(12)14/h2-7H,8H2,1H3. The summed E-state index contributed by atoms with van der Waals surface area (Å²) in [6, 6.07) is 8.50. The zero-order chi connectivity index (χ0) is 13.8. The van der Waals surface area contributed by atoms with Crippen molar-refractivity contribution in [3.63, 3.8) is 0 Å². The fraction of sp³-hybridized carbons (Fsp3) is 0.154. The molecule has 0 saturated carbocycles. The first-order chi connectivity index (χ1) is 9.09. The van der Waals surface area contributed by atoms with Crippen LogP contribution in [0.4, 0.5) is 5.69 Å². The molecule has 2 rings (SSSR count). The molecule has 19 heavy (non-hydrogen) atoms. The summed E-state index contributed by atoms with van der Waals surface area (Å²) >= 11 is 3.28. The zero-order valence-electron chi connectivity index (χ0n) is 10.2. The van der Waals surface area contributed by atoms with Gasteiger partial charge < -0.3 is 4.74 Å². The van der Waals surface area contributed by atoms with Gasteiger partial charge in [0.05, 0.1) is 4.92 Å². The van der Waals surface area contributed by atoms with Gasteiger partial charge in [0, 0.05) is 17.8 Å². The number of halogens is 1. The van der Waals surface area contributed by atoms with Gasteiger partial charge in [-0.25, -0.2) is 4.98 Å². The number of nitro benzene ring substituents is 1. The average molecular weight is 323 g/mol. The third kappa shape index (κ3) is 3.08. The van der Waals surface area contributed by atoms with Crippen molar-refractivity contribution in [2.24, 2.45) is 0 Å². The Labute approximate surface area is 118 Å². The first kappa shape index (κ1) is 13.5. The summed E-state index contributed by atoms with van der Waals surface area (Å²) in [4.78, 5) is 14.5. The van der Waals surface area contributed by atoms with E-state index < -0.39 is 4.92 Å². The molecule has 0 aliphatic heterocycles. The first-order valence-corrected chi connectivity index (χ1v) is 6.35. The van der Waals surface area contributed by atoms with Crippen molar-refractivity contribution in [3.05, 3.63) is 62.4 Å². The topological polar surface area (TPSA) is 65.3 Å². The van der Waals surface area contributed by atoms with Gasteiger partial charge in [0.25, 0.3) is 5.69 Å². The molecule has 0 saturated heterocycles. The van der Waals surface area contributed by atoms with Crippen molar-refractivity contribution in [2.45, 2.75) is 13.5 Å². The lowest BCUT2D eigenvalue weighted by Gasteiger charge is -2.09. The maximum Gasteiger partial charge on any atom is 0.272 e. The van der Waals surface area contributed by atoms with Gasteiger partial charge in [-0.05, 0) is 40.5 Å². The van der Waals surface area contributed by atoms with Crippen LogP contribution >= 0.6 is 15.9 Å². The van der Waals surface area contributed by atoms with Crippen molar-refractivity contribution in [2.75, 3.05) is 0 Å². The Morgan fingerprint density at radius 2 is 2.16 bits per heavy atom. The van der Waals surface area contributed by atoms with Crippen LogP contribution in [0.1, 0.15) is 11.1 Å². The molecule has 1 heterocycles. The fourth-order valence-electron chi connectivity index (χ4n) is 1.66. The molecule has 0 unspecified atom stereocenters. The van der Waals surface area contributed by atoms with Gasteiger partial charge in [-0.3, -0.25) is 10.1 Å². The van der Waals surface area contributed by atoms with Crippen LogP contribution in [0.25, 0.3) is 0 Å². The fourth-order valence-corrected chi connectivity index (χ4v) is 2.02. The van der Waals surface area contributed by atoms with E-state index in [1.165, 1.54) is 6.07 Å². The summed E-state index contributed by atoms with van der Waals surface area (Å²) in [5, 5.41) is 10.8. The Morgan fingerprint density at radius 3 is 2.84 bits per heavy atom. The van der Waals surface area contributed by atoms with E-state index in [1.54, 1.807) is 31.3 Å². The Kier molecular flexibility index (Phi) is 4.11. The highest BCUT2D eigenvalue weighted by Gasteiger charge is 2.13. The number of nitro groups is 1. The van der Waals surface area contributed by atoms with Crippen LogP contribution in [-0.2, 0) is 6.61 Å². The van der Waals surface area contributed by atoms with Gasteiger partial charge in [0.1, 0.15) is 11.2 Å². The van der Waals surface area contributed by atoms with Crippen molar-refractivity contribution in [3.8, 4) is 5.75 Å². The molecule has 0 fully saturated rings. The van der Waals surface area contributed by atoms with Crippen molar-refractivity contribution >= 4 is 21.6 Å². The number of nitrogens with zero attached hydrogens (tertiary/aromatic N) is 2. The molecule has 0 amide bonds. The van der Waals surface area contributed by atoms with Gasteiger partial charge in [0.2, 0.25) is 0 Å². The number of hydrogen-bond donors (Lipinski definition) is 0. The second kappa shape index (κ2) is 5.79. The van der Waals surface area contributed by atoms with E-state index in [4.69, 9.17) is 4.74 Å². The summed E-state index contributed by atoms with van der Waals surface area (Å²) in [5.41, 5.74) is 1.50. The highest BCUT2D eigenvalue weighted by molar-refractivity contribution is 9.10. The van der Waals surface area contributed by atoms with Gasteiger partial charge >= 0.3 is 0 Å². The number of ether oxygens (including phenoxy) is 1. The lowest BCUT2D eigenvalue weighted by Crippen LogP contribution is -2.01. The Balaban J connectivity index is 2.19. The van der Waals surface area contributed by atoms with Crippen LogP contribution in [-0.4, -0.2) is 9.91 Å². The maximum absolute atomic E-state index is 10.8. The molecular formula is C13H11BrN2O3. The predicted octanol–water partition coefficient (Wildman–Crippen LogP) is 3.64. The summed E-state index contributed by atoms with van der Waals surface area (Å²) in [6.07, 6.45) is 1.65. The molecule has 2 aromatic rings. The molecular weight excluding hydrogens is 312 g/mol. The smallest absolute Gasteiger partial charge is 0.272 e. The minimum atomic E-state index is -0.390. The van der Waals surface area contributed by atoms with Gasteiger partial charge in [-0.1, -0.05) is 12.1 Å². The van der Waals surface area contributed by atoms with Crippen molar-refractivity contribution in [1.82, 2.24) is 4.98 Å². The quantitative estimate of drug-likeness (QED) is 0.489. The summed E-state index contributed by atoms with van der Waals surface area (Å²) in [7, 11) is 0. The Morgan fingerprint density at radius 1 is 1.37 bits per heavy atom. The minimum Gasteiger partial charge on any atom is -0.486 e. The lowest BCUT2D eigenvalue weighted by atomic mass is 10.1. The SMILES string of the molecule is Cc1c(COc2cccnc2Br)cccc1[N+](=O)[O-]. The van der Waals surface area contributed by atoms with Crippen LogP contribution < -0.4 is 4.74 Å². The molecule has 5 nitrogen and oxygen atoms in total. The number of pyridine rings is 1. The average Bonchev–Trinajstić information content (AvgIpc) is 2.39. The molecule has 6 heteroatoms. The van der Waals surface area contributed by atoms with E-state index in [1.807, 2.05) is 6.07 Å². The molecule has 0 spiro atoms. The van der Waals surface area contributed by atoms with Crippen molar-refractivity contribution in [1.29, 1.82) is 0 Å². The third-order valence-corrected chi connectivity index (χ3v) is 3.32. The lowest BCUT2D eigenvalue weighted by molar-refractivity contribution is -0.385. The summed E-state index contributed by atoms with van der Waals surface area (Å²) < 4.78 is 6.22. The summed E-state index contributed by atoms with van der Waals surface area (Å²) in [5.74, 6) is 0.605. The number of aromatic nitrogens is 1. The molecule has 1 aromatic heterocycles. The monoisotopic (exact) mass is 322 g/mol. The van der Waals surface area contributed by atoms with Crippen molar-refractivity contribution < 1.29 is 9.66 Å². The van der Waals surface area contributed by atoms with E-state index in [-0.39, 0.29) is 12.3 Å². The van der Waals surface area contributed by atoms with E-state index in [2.05, 4.69) is 20.9 Å². The zero-order valence-corrected chi connectivity index (χ0v) is 11.8. The predicted molar refractivity (Wildman–Crippen MR) is 74.1 cm³/mol. The van der Waals surface area contributed by atoms with E-state index in [9.17, 15) is 10.1 Å². The van der Waals surface area contributed by atoms with Gasteiger partial charge in [0.15, 0.2) is 5.75 Å². The normalized spacial score (nSPS) is 10.2. The molecule has 98 valence electrons. The molecule has 0 N–H and O–H groups in total. The third-order valence-electron chi connectivity index (χ3n) is 2.72. The molecule has 0 bridgehead atoms.